The van der Waals surface area contributed by atoms with E-state index >= 15 is 0 Å². The molecule has 0 radical (unpaired) electrons. The summed E-state index contributed by atoms with van der Waals surface area (Å²) in [6, 6.07) is 46.3. The monoisotopic (exact) mass is 619 g/mol. The van der Waals surface area contributed by atoms with E-state index in [1.54, 1.807) is 0 Å². The van der Waals surface area contributed by atoms with Crippen LogP contribution in [0.25, 0.3) is 76.2 Å². The van der Waals surface area contributed by atoms with E-state index in [0.717, 1.165) is 21.2 Å². The molecule has 0 spiro atoms. The highest BCUT2D eigenvalue weighted by molar-refractivity contribution is 9.10. The molecular weight excluding hydrogens is 598 g/mol. The molecule has 0 fully saturated rings. The van der Waals surface area contributed by atoms with E-state index in [4.69, 9.17) is 15.0 Å². The average molecular weight is 621 g/mol. The van der Waals surface area contributed by atoms with Crippen molar-refractivity contribution in [2.45, 2.75) is 0 Å². The molecule has 0 amide bonds. The predicted octanol–water partition coefficient (Wildman–Crippen LogP) is 10.8. The van der Waals surface area contributed by atoms with Crippen LogP contribution in [0.3, 0.4) is 0 Å². The first-order valence-corrected chi connectivity index (χ1v) is 15.3. The van der Waals surface area contributed by atoms with Crippen molar-refractivity contribution in [1.29, 1.82) is 0 Å². The van der Waals surface area contributed by atoms with Crippen molar-refractivity contribution in [3.63, 3.8) is 0 Å². The van der Waals surface area contributed by atoms with Gasteiger partial charge in [-0.3, -0.25) is 0 Å². The second kappa shape index (κ2) is 10.3. The molecule has 8 rings (SSSR count). The Labute approximate surface area is 255 Å². The summed E-state index contributed by atoms with van der Waals surface area (Å²) < 4.78 is 3.60. The second-order valence-electron chi connectivity index (χ2n) is 10.2. The highest BCUT2D eigenvalue weighted by Crippen LogP contribution is 2.45. The van der Waals surface area contributed by atoms with E-state index in [-0.39, 0.29) is 0 Å². The minimum atomic E-state index is 0.664. The molecule has 0 N–H and O–H groups in total. The van der Waals surface area contributed by atoms with Crippen molar-refractivity contribution in [2.75, 3.05) is 0 Å². The largest absolute Gasteiger partial charge is 0.208 e. The zero-order valence-electron chi connectivity index (χ0n) is 22.3. The summed E-state index contributed by atoms with van der Waals surface area (Å²) in [6.45, 7) is 0. The summed E-state index contributed by atoms with van der Waals surface area (Å²) >= 11 is 5.69. The molecule has 2 heterocycles. The third-order valence-electron chi connectivity index (χ3n) is 7.60. The van der Waals surface area contributed by atoms with Crippen LogP contribution >= 0.6 is 27.3 Å². The Morgan fingerprint density at radius 3 is 1.81 bits per heavy atom. The van der Waals surface area contributed by atoms with Gasteiger partial charge in [-0.15, -0.1) is 11.3 Å². The Morgan fingerprint density at radius 1 is 0.476 bits per heavy atom. The van der Waals surface area contributed by atoms with Gasteiger partial charge >= 0.3 is 0 Å². The van der Waals surface area contributed by atoms with Crippen LogP contribution in [0.5, 0.6) is 0 Å². The fourth-order valence-electron chi connectivity index (χ4n) is 5.59. The third-order valence-corrected chi connectivity index (χ3v) is 9.48. The molecule has 6 aromatic carbocycles. The van der Waals surface area contributed by atoms with Crippen LogP contribution in [-0.4, -0.2) is 15.0 Å². The number of thiophene rings is 1. The number of aromatic nitrogens is 3. The zero-order chi connectivity index (χ0) is 28.0. The first-order chi connectivity index (χ1) is 20.7. The van der Waals surface area contributed by atoms with Gasteiger partial charge in [0, 0.05) is 52.5 Å². The summed E-state index contributed by atoms with van der Waals surface area (Å²) in [4.78, 5) is 14.8. The Morgan fingerprint density at radius 2 is 1.10 bits per heavy atom. The van der Waals surface area contributed by atoms with Crippen molar-refractivity contribution < 1.29 is 0 Å². The number of nitrogens with zero attached hydrogens (tertiary/aromatic N) is 3. The van der Waals surface area contributed by atoms with Gasteiger partial charge < -0.3 is 0 Å². The highest BCUT2D eigenvalue weighted by Gasteiger charge is 2.17. The first-order valence-electron chi connectivity index (χ1n) is 13.7. The van der Waals surface area contributed by atoms with Crippen molar-refractivity contribution in [3.05, 3.63) is 138 Å². The van der Waals surface area contributed by atoms with E-state index in [1.165, 1.54) is 42.1 Å². The van der Waals surface area contributed by atoms with E-state index in [2.05, 4.69) is 88.7 Å². The van der Waals surface area contributed by atoms with Crippen LogP contribution in [0, 0.1) is 0 Å². The molecule has 0 bridgehead atoms. The lowest BCUT2D eigenvalue weighted by Gasteiger charge is -2.11. The Hall–Kier alpha value is -4.71. The van der Waals surface area contributed by atoms with Gasteiger partial charge in [-0.1, -0.05) is 125 Å². The molecule has 42 heavy (non-hydrogen) atoms. The maximum Gasteiger partial charge on any atom is 0.164 e. The van der Waals surface area contributed by atoms with E-state index < -0.39 is 0 Å². The topological polar surface area (TPSA) is 38.7 Å². The average Bonchev–Trinajstić information content (AvgIpc) is 3.44. The van der Waals surface area contributed by atoms with Crippen LogP contribution in [0.4, 0.5) is 0 Å². The fraction of sp³-hybridized carbons (Fsp3) is 0. The van der Waals surface area contributed by atoms with Gasteiger partial charge in [0.25, 0.3) is 0 Å². The van der Waals surface area contributed by atoms with Gasteiger partial charge in [0.15, 0.2) is 17.5 Å². The molecule has 2 aromatic heterocycles. The maximum atomic E-state index is 4.96. The lowest BCUT2D eigenvalue weighted by Crippen LogP contribution is -2.00. The number of fused-ring (bicyclic) bond motifs is 4. The van der Waals surface area contributed by atoms with Crippen molar-refractivity contribution in [2.24, 2.45) is 0 Å². The van der Waals surface area contributed by atoms with Crippen LogP contribution in [0.15, 0.2) is 138 Å². The number of hydrogen-bond acceptors (Lipinski definition) is 4. The lowest BCUT2D eigenvalue weighted by molar-refractivity contribution is 1.07. The lowest BCUT2D eigenvalue weighted by atomic mass is 9.97. The Kier molecular flexibility index (Phi) is 6.13. The van der Waals surface area contributed by atoms with Gasteiger partial charge in [0.2, 0.25) is 0 Å². The molecule has 198 valence electrons. The van der Waals surface area contributed by atoms with Crippen molar-refractivity contribution in [1.82, 2.24) is 15.0 Å². The molecular formula is C37H22BrN3S. The normalized spacial score (nSPS) is 11.5. The highest BCUT2D eigenvalue weighted by atomic mass is 79.9. The fourth-order valence-corrected chi connectivity index (χ4v) is 7.35. The van der Waals surface area contributed by atoms with Crippen molar-refractivity contribution >= 4 is 58.2 Å². The summed E-state index contributed by atoms with van der Waals surface area (Å²) in [6.07, 6.45) is 0. The molecule has 0 atom stereocenters. The Bertz CT molecular complexity index is 2200. The maximum absolute atomic E-state index is 4.96. The molecule has 8 aromatic rings. The molecule has 5 heteroatoms. The second-order valence-corrected chi connectivity index (χ2v) is 12.1. The minimum Gasteiger partial charge on any atom is -0.208 e. The molecule has 3 nitrogen and oxygen atoms in total. The standard InChI is InChI=1S/C37H22BrN3S/c38-31-20-18-23-10-7-8-15-27(23)33(31)29-17-9-16-28-30-22-26(19-21-32(30)42-34(28)29)37-40-35(24-11-3-1-4-12-24)39-36(41-37)25-13-5-2-6-14-25/h1-22H. The number of rotatable bonds is 4. The minimum absolute atomic E-state index is 0.664. The summed E-state index contributed by atoms with van der Waals surface area (Å²) in [5, 5.41) is 4.91. The van der Waals surface area contributed by atoms with Gasteiger partial charge in [-0.05, 0) is 35.0 Å². The molecule has 0 unspecified atom stereocenters. The van der Waals surface area contributed by atoms with Crippen LogP contribution in [-0.2, 0) is 0 Å². The van der Waals surface area contributed by atoms with E-state index in [0.29, 0.717) is 17.5 Å². The predicted molar refractivity (Wildman–Crippen MR) is 180 cm³/mol. The Balaban J connectivity index is 1.33. The molecule has 0 aliphatic heterocycles. The molecule has 0 aliphatic rings. The summed E-state index contributed by atoms with van der Waals surface area (Å²) in [7, 11) is 0. The SMILES string of the molecule is Brc1ccc2ccccc2c1-c1cccc2c1sc1ccc(-c3nc(-c4ccccc4)nc(-c4ccccc4)n3)cc12. The van der Waals surface area contributed by atoms with Gasteiger partial charge in [0.05, 0.1) is 0 Å². The van der Waals surface area contributed by atoms with Crippen molar-refractivity contribution in [3.8, 4) is 45.3 Å². The number of benzene rings is 6. The smallest absolute Gasteiger partial charge is 0.164 e. The van der Waals surface area contributed by atoms with Crippen LogP contribution in [0.1, 0.15) is 0 Å². The van der Waals surface area contributed by atoms with E-state index in [9.17, 15) is 0 Å². The zero-order valence-corrected chi connectivity index (χ0v) is 24.7. The number of hydrogen-bond donors (Lipinski definition) is 0. The van der Waals surface area contributed by atoms with Gasteiger partial charge in [-0.25, -0.2) is 15.0 Å². The number of halogens is 1. The quantitative estimate of drug-likeness (QED) is 0.197. The molecule has 0 saturated carbocycles. The molecule has 0 aliphatic carbocycles. The van der Waals surface area contributed by atoms with Gasteiger partial charge in [-0.2, -0.15) is 0 Å². The molecule has 0 saturated heterocycles. The van der Waals surface area contributed by atoms with Crippen LogP contribution in [0.2, 0.25) is 0 Å². The third kappa shape index (κ3) is 4.30. The van der Waals surface area contributed by atoms with Crippen LogP contribution < -0.4 is 0 Å². The van der Waals surface area contributed by atoms with Gasteiger partial charge in [0.1, 0.15) is 0 Å². The summed E-state index contributed by atoms with van der Waals surface area (Å²) in [5.74, 6) is 1.99. The van der Waals surface area contributed by atoms with E-state index in [1.807, 2.05) is 72.0 Å². The first kappa shape index (κ1) is 25.0. The summed E-state index contributed by atoms with van der Waals surface area (Å²) in [5.41, 5.74) is 5.35.